The molecule has 0 aliphatic carbocycles. The third-order valence-electron chi connectivity index (χ3n) is 4.40. The van der Waals surface area contributed by atoms with E-state index in [0.29, 0.717) is 5.69 Å². The number of para-hydroxylation sites is 1. The Morgan fingerprint density at radius 3 is 1.79 bits per heavy atom. The first-order valence-corrected chi connectivity index (χ1v) is 9.13. The average molecular weight is 373 g/mol. The summed E-state index contributed by atoms with van der Waals surface area (Å²) in [6.45, 7) is 0. The molecule has 5 heteroatoms. The number of carbonyl (C=O) groups is 2. The zero-order valence-electron chi connectivity index (χ0n) is 15.4. The topological polar surface area (TPSA) is 84.2 Å². The molecule has 0 aliphatic heterocycles. The normalized spacial score (nSPS) is 12.6. The summed E-state index contributed by atoms with van der Waals surface area (Å²) in [5, 5.41) is 5.64. The maximum atomic E-state index is 12.5. The van der Waals surface area contributed by atoms with Crippen molar-refractivity contribution in [2.24, 2.45) is 5.73 Å². The summed E-state index contributed by atoms with van der Waals surface area (Å²) in [7, 11) is 0. The maximum Gasteiger partial charge on any atom is 0.233 e. The summed E-state index contributed by atoms with van der Waals surface area (Å²) in [5.41, 5.74) is 8.90. The largest absolute Gasteiger partial charge is 0.347 e. The van der Waals surface area contributed by atoms with Gasteiger partial charge >= 0.3 is 0 Å². The van der Waals surface area contributed by atoms with E-state index in [0.717, 1.165) is 11.1 Å². The van der Waals surface area contributed by atoms with E-state index < -0.39 is 12.1 Å². The standard InChI is InChI=1S/C23H23N3O2/c24-22(17-10-4-1-5-11-17)23(18-12-6-2-7-13-18)26-21(28)16-20(27)25-19-14-8-3-9-15-19/h1-15,22-23H,16,24H2,(H,25,27)(H,26,28)/t22-,23-/m1/s1. The SMILES string of the molecule is N[C@H](c1ccccc1)[C@H](NC(=O)CC(=O)Nc1ccccc1)c1ccccc1. The van der Waals surface area contributed by atoms with Crippen LogP contribution in [0.2, 0.25) is 0 Å². The minimum atomic E-state index is -0.444. The van der Waals surface area contributed by atoms with Gasteiger partial charge in [0.1, 0.15) is 6.42 Å². The number of amides is 2. The molecule has 142 valence electrons. The fourth-order valence-corrected chi connectivity index (χ4v) is 3.01. The van der Waals surface area contributed by atoms with Crippen molar-refractivity contribution in [2.75, 3.05) is 5.32 Å². The third-order valence-corrected chi connectivity index (χ3v) is 4.40. The van der Waals surface area contributed by atoms with Crippen LogP contribution in [0.25, 0.3) is 0 Å². The second kappa shape index (κ2) is 9.48. The lowest BCUT2D eigenvalue weighted by atomic mass is 9.94. The van der Waals surface area contributed by atoms with Gasteiger partial charge in [-0.2, -0.15) is 0 Å². The van der Waals surface area contributed by atoms with E-state index >= 15 is 0 Å². The van der Waals surface area contributed by atoms with E-state index in [-0.39, 0.29) is 18.2 Å². The predicted octanol–water partition coefficient (Wildman–Crippen LogP) is 3.57. The summed E-state index contributed by atoms with van der Waals surface area (Å²) >= 11 is 0. The minimum Gasteiger partial charge on any atom is -0.347 e. The maximum absolute atomic E-state index is 12.5. The zero-order chi connectivity index (χ0) is 19.8. The number of benzene rings is 3. The van der Waals surface area contributed by atoms with Gasteiger partial charge in [-0.1, -0.05) is 78.9 Å². The zero-order valence-corrected chi connectivity index (χ0v) is 15.4. The second-order valence-corrected chi connectivity index (χ2v) is 6.48. The summed E-state index contributed by atoms with van der Waals surface area (Å²) < 4.78 is 0. The van der Waals surface area contributed by atoms with E-state index in [9.17, 15) is 9.59 Å². The van der Waals surface area contributed by atoms with Crippen LogP contribution in [0.15, 0.2) is 91.0 Å². The lowest BCUT2D eigenvalue weighted by Gasteiger charge is -2.26. The summed E-state index contributed by atoms with van der Waals surface area (Å²) in [5.74, 6) is -0.752. The quantitative estimate of drug-likeness (QED) is 0.554. The Balaban J connectivity index is 1.70. The lowest BCUT2D eigenvalue weighted by molar-refractivity contribution is -0.127. The molecule has 0 spiro atoms. The van der Waals surface area contributed by atoms with Crippen LogP contribution in [0, 0.1) is 0 Å². The second-order valence-electron chi connectivity index (χ2n) is 6.48. The molecule has 0 aliphatic rings. The van der Waals surface area contributed by atoms with Gasteiger partial charge in [-0.15, -0.1) is 0 Å². The van der Waals surface area contributed by atoms with Gasteiger partial charge in [0.05, 0.1) is 12.1 Å². The smallest absolute Gasteiger partial charge is 0.233 e. The summed E-state index contributed by atoms with van der Waals surface area (Å²) in [4.78, 5) is 24.7. The lowest BCUT2D eigenvalue weighted by Crippen LogP contribution is -2.37. The highest BCUT2D eigenvalue weighted by atomic mass is 16.2. The average Bonchev–Trinajstić information content (AvgIpc) is 2.73. The Morgan fingerprint density at radius 1 is 0.714 bits per heavy atom. The van der Waals surface area contributed by atoms with Crippen molar-refractivity contribution >= 4 is 17.5 Å². The predicted molar refractivity (Wildman–Crippen MR) is 110 cm³/mol. The molecular formula is C23H23N3O2. The molecule has 0 heterocycles. The van der Waals surface area contributed by atoms with E-state index in [1.165, 1.54) is 0 Å². The molecule has 28 heavy (non-hydrogen) atoms. The molecule has 0 bridgehead atoms. The molecule has 0 unspecified atom stereocenters. The molecule has 0 aromatic heterocycles. The fraction of sp³-hybridized carbons (Fsp3) is 0.130. The van der Waals surface area contributed by atoms with Gasteiger partial charge in [0.15, 0.2) is 0 Å². The number of nitrogens with two attached hydrogens (primary N) is 1. The number of rotatable bonds is 7. The molecule has 0 fully saturated rings. The Kier molecular flexibility index (Phi) is 6.54. The van der Waals surface area contributed by atoms with E-state index in [1.807, 2.05) is 78.9 Å². The molecule has 4 N–H and O–H groups in total. The van der Waals surface area contributed by atoms with Crippen molar-refractivity contribution in [3.05, 3.63) is 102 Å². The van der Waals surface area contributed by atoms with Crippen LogP contribution >= 0.6 is 0 Å². The molecule has 3 aromatic carbocycles. The highest BCUT2D eigenvalue weighted by molar-refractivity contribution is 6.03. The molecular weight excluding hydrogens is 350 g/mol. The Bertz CT molecular complexity index is 899. The first-order chi connectivity index (χ1) is 13.6. The van der Waals surface area contributed by atoms with E-state index in [1.54, 1.807) is 12.1 Å². The van der Waals surface area contributed by atoms with E-state index in [2.05, 4.69) is 10.6 Å². The molecule has 3 aromatic rings. The van der Waals surface area contributed by atoms with Crippen molar-refractivity contribution in [1.29, 1.82) is 0 Å². The van der Waals surface area contributed by atoms with Crippen LogP contribution in [0.1, 0.15) is 29.6 Å². The highest BCUT2D eigenvalue weighted by Crippen LogP contribution is 2.26. The van der Waals surface area contributed by atoms with Gasteiger partial charge in [0.2, 0.25) is 11.8 Å². The highest BCUT2D eigenvalue weighted by Gasteiger charge is 2.24. The third kappa shape index (κ3) is 5.28. The number of hydrogen-bond donors (Lipinski definition) is 3. The Labute approximate surface area is 164 Å². The minimum absolute atomic E-state index is 0.278. The molecule has 0 saturated heterocycles. The van der Waals surface area contributed by atoms with Crippen LogP contribution in [0.4, 0.5) is 5.69 Å². The number of anilines is 1. The molecule has 3 rings (SSSR count). The Morgan fingerprint density at radius 2 is 1.21 bits per heavy atom. The van der Waals surface area contributed by atoms with Gasteiger partial charge in [-0.3, -0.25) is 9.59 Å². The fourth-order valence-electron chi connectivity index (χ4n) is 3.01. The van der Waals surface area contributed by atoms with Gasteiger partial charge in [0, 0.05) is 5.69 Å². The molecule has 2 amide bonds. The summed E-state index contributed by atoms with van der Waals surface area (Å²) in [6.07, 6.45) is -0.278. The number of nitrogens with one attached hydrogen (secondary N) is 2. The number of hydrogen-bond acceptors (Lipinski definition) is 3. The first kappa shape index (κ1) is 19.3. The molecule has 2 atom stereocenters. The summed E-state index contributed by atoms with van der Waals surface area (Å²) in [6, 6.07) is 27.3. The van der Waals surface area contributed by atoms with Crippen LogP contribution < -0.4 is 16.4 Å². The van der Waals surface area contributed by atoms with Crippen LogP contribution in [-0.4, -0.2) is 11.8 Å². The van der Waals surface area contributed by atoms with Crippen molar-refractivity contribution in [1.82, 2.24) is 5.32 Å². The van der Waals surface area contributed by atoms with Crippen LogP contribution in [0.5, 0.6) is 0 Å². The van der Waals surface area contributed by atoms with Crippen LogP contribution in [0.3, 0.4) is 0 Å². The van der Waals surface area contributed by atoms with Crippen LogP contribution in [-0.2, 0) is 9.59 Å². The number of carbonyl (C=O) groups excluding carboxylic acids is 2. The Hall–Kier alpha value is -3.44. The first-order valence-electron chi connectivity index (χ1n) is 9.13. The molecule has 0 saturated carbocycles. The monoisotopic (exact) mass is 373 g/mol. The van der Waals surface area contributed by atoms with Crippen molar-refractivity contribution in [3.8, 4) is 0 Å². The molecule has 5 nitrogen and oxygen atoms in total. The molecule has 0 radical (unpaired) electrons. The van der Waals surface area contributed by atoms with Gasteiger partial charge in [-0.05, 0) is 23.3 Å². The van der Waals surface area contributed by atoms with Crippen molar-refractivity contribution < 1.29 is 9.59 Å². The van der Waals surface area contributed by atoms with Crippen molar-refractivity contribution in [3.63, 3.8) is 0 Å². The van der Waals surface area contributed by atoms with Gasteiger partial charge in [0.25, 0.3) is 0 Å². The van der Waals surface area contributed by atoms with E-state index in [4.69, 9.17) is 5.73 Å². The van der Waals surface area contributed by atoms with Crippen molar-refractivity contribution in [2.45, 2.75) is 18.5 Å². The van der Waals surface area contributed by atoms with Gasteiger partial charge < -0.3 is 16.4 Å². The van der Waals surface area contributed by atoms with Gasteiger partial charge in [-0.25, -0.2) is 0 Å².